The van der Waals surface area contributed by atoms with Gasteiger partial charge in [0.25, 0.3) is 0 Å². The largest absolute Gasteiger partial charge is 0.481 e. The Labute approximate surface area is 114 Å². The number of carbonyl (C=O) groups excluding carboxylic acids is 1. The maximum Gasteiger partial charge on any atom is 0.320 e. The molecule has 0 unspecified atom stereocenters. The number of carbonyl (C=O) groups is 2. The average Bonchev–Trinajstić information content (AvgIpc) is 2.68. The summed E-state index contributed by atoms with van der Waals surface area (Å²) in [6.45, 7) is 6.48. The van der Waals surface area contributed by atoms with Crippen LogP contribution in [-0.4, -0.2) is 52.1 Å². The highest BCUT2D eigenvalue weighted by Crippen LogP contribution is 2.30. The normalized spacial score (nSPS) is 23.7. The second-order valence-electron chi connectivity index (χ2n) is 6.38. The first-order chi connectivity index (χ1) is 8.90. The smallest absolute Gasteiger partial charge is 0.320 e. The minimum atomic E-state index is -0.731. The van der Waals surface area contributed by atoms with Crippen molar-refractivity contribution in [3.05, 3.63) is 0 Å². The van der Waals surface area contributed by atoms with Crippen molar-refractivity contribution in [3.8, 4) is 0 Å². The number of urea groups is 1. The second kappa shape index (κ2) is 5.39. The molecule has 2 amide bonds. The molecule has 0 aromatic rings. The molecule has 0 aromatic carbocycles. The number of nitrogens with zero attached hydrogens (tertiary/aromatic N) is 2. The summed E-state index contributed by atoms with van der Waals surface area (Å²) in [5, 5.41) is 8.79. The van der Waals surface area contributed by atoms with E-state index in [0.29, 0.717) is 13.1 Å². The molecule has 5 nitrogen and oxygen atoms in total. The molecule has 2 heterocycles. The molecule has 0 saturated carbocycles. The quantitative estimate of drug-likeness (QED) is 0.835. The van der Waals surface area contributed by atoms with Crippen LogP contribution >= 0.6 is 0 Å². The molecule has 2 aliphatic rings. The first kappa shape index (κ1) is 14.2. The Bertz CT molecular complexity index is 360. The Kier molecular flexibility index (Phi) is 4.02. The van der Waals surface area contributed by atoms with Crippen LogP contribution in [0.5, 0.6) is 0 Å². The third-order valence-electron chi connectivity index (χ3n) is 4.48. The fourth-order valence-electron chi connectivity index (χ4n) is 3.21. The second-order valence-corrected chi connectivity index (χ2v) is 6.38. The van der Waals surface area contributed by atoms with Crippen molar-refractivity contribution in [1.29, 1.82) is 0 Å². The van der Waals surface area contributed by atoms with Gasteiger partial charge in [0.2, 0.25) is 0 Å². The van der Waals surface area contributed by atoms with Crippen LogP contribution in [0.2, 0.25) is 0 Å². The summed E-state index contributed by atoms with van der Waals surface area (Å²) < 4.78 is 0. The van der Waals surface area contributed by atoms with Crippen molar-refractivity contribution in [3.63, 3.8) is 0 Å². The molecular weight excluding hydrogens is 244 g/mol. The van der Waals surface area contributed by atoms with Gasteiger partial charge in [-0.1, -0.05) is 0 Å². The highest BCUT2D eigenvalue weighted by molar-refractivity contribution is 5.75. The molecule has 0 atom stereocenters. The third-order valence-corrected chi connectivity index (χ3v) is 4.48. The molecule has 0 aliphatic carbocycles. The molecule has 2 saturated heterocycles. The molecule has 108 valence electrons. The lowest BCUT2D eigenvalue weighted by molar-refractivity contribution is -0.138. The highest BCUT2D eigenvalue weighted by atomic mass is 16.4. The van der Waals surface area contributed by atoms with Gasteiger partial charge in [-0.2, -0.15) is 0 Å². The van der Waals surface area contributed by atoms with Gasteiger partial charge in [0.05, 0.1) is 0 Å². The van der Waals surface area contributed by atoms with Gasteiger partial charge in [0.1, 0.15) is 0 Å². The van der Waals surface area contributed by atoms with E-state index < -0.39 is 5.97 Å². The van der Waals surface area contributed by atoms with Crippen LogP contribution in [0.4, 0.5) is 4.79 Å². The van der Waals surface area contributed by atoms with Crippen molar-refractivity contribution in [1.82, 2.24) is 9.80 Å². The topological polar surface area (TPSA) is 60.9 Å². The van der Waals surface area contributed by atoms with E-state index in [2.05, 4.69) is 13.8 Å². The van der Waals surface area contributed by atoms with Crippen LogP contribution in [-0.2, 0) is 4.79 Å². The molecule has 0 aromatic heterocycles. The van der Waals surface area contributed by atoms with Gasteiger partial charge < -0.3 is 14.9 Å². The number of carboxylic acids is 1. The fourth-order valence-corrected chi connectivity index (χ4v) is 3.21. The SMILES string of the molecule is CC1(C)CCCN1C(=O)N1CCC(CC(=O)O)CC1. The number of carboxylic acid groups (broad SMARTS) is 1. The minimum Gasteiger partial charge on any atom is -0.481 e. The van der Waals surface area contributed by atoms with Crippen LogP contribution in [0.25, 0.3) is 0 Å². The first-order valence-corrected chi connectivity index (χ1v) is 7.18. The molecule has 5 heteroatoms. The first-order valence-electron chi connectivity index (χ1n) is 7.18. The molecule has 1 N–H and O–H groups in total. The molecular formula is C14H24N2O3. The predicted octanol–water partition coefficient (Wildman–Crippen LogP) is 2.17. The molecule has 2 rings (SSSR count). The summed E-state index contributed by atoms with van der Waals surface area (Å²) in [5.74, 6) is -0.501. The number of amides is 2. The van der Waals surface area contributed by atoms with Crippen molar-refractivity contribution < 1.29 is 14.7 Å². The van der Waals surface area contributed by atoms with Crippen molar-refractivity contribution in [2.24, 2.45) is 5.92 Å². The van der Waals surface area contributed by atoms with E-state index in [9.17, 15) is 9.59 Å². The van der Waals surface area contributed by atoms with Crippen LogP contribution in [0.15, 0.2) is 0 Å². The van der Waals surface area contributed by atoms with E-state index in [-0.39, 0.29) is 23.9 Å². The summed E-state index contributed by atoms with van der Waals surface area (Å²) in [5.41, 5.74) is -0.0327. The summed E-state index contributed by atoms with van der Waals surface area (Å²) in [6.07, 6.45) is 4.00. The van der Waals surface area contributed by atoms with Gasteiger partial charge in [0.15, 0.2) is 0 Å². The van der Waals surface area contributed by atoms with Crippen molar-refractivity contribution in [2.45, 2.75) is 51.5 Å². The number of rotatable bonds is 2. The maximum absolute atomic E-state index is 12.5. The molecule has 0 spiro atoms. The lowest BCUT2D eigenvalue weighted by atomic mass is 9.94. The zero-order valence-corrected chi connectivity index (χ0v) is 11.9. The Hall–Kier alpha value is -1.26. The zero-order chi connectivity index (χ0) is 14.0. The number of hydrogen-bond donors (Lipinski definition) is 1. The number of aliphatic carboxylic acids is 1. The highest BCUT2D eigenvalue weighted by Gasteiger charge is 2.38. The minimum absolute atomic E-state index is 0.0327. The zero-order valence-electron chi connectivity index (χ0n) is 11.9. The summed E-state index contributed by atoms with van der Waals surface area (Å²) in [7, 11) is 0. The maximum atomic E-state index is 12.5. The Morgan fingerprint density at radius 1 is 1.21 bits per heavy atom. The van der Waals surface area contributed by atoms with E-state index in [1.165, 1.54) is 0 Å². The van der Waals surface area contributed by atoms with E-state index in [4.69, 9.17) is 5.11 Å². The van der Waals surface area contributed by atoms with Gasteiger partial charge in [0, 0.05) is 31.6 Å². The van der Waals surface area contributed by atoms with Gasteiger partial charge in [-0.25, -0.2) is 4.79 Å². The van der Waals surface area contributed by atoms with E-state index in [0.717, 1.165) is 32.2 Å². The summed E-state index contributed by atoms with van der Waals surface area (Å²) >= 11 is 0. The van der Waals surface area contributed by atoms with Crippen LogP contribution in [0.1, 0.15) is 46.0 Å². The Morgan fingerprint density at radius 3 is 2.32 bits per heavy atom. The van der Waals surface area contributed by atoms with Gasteiger partial charge in [-0.3, -0.25) is 4.79 Å². The third kappa shape index (κ3) is 3.19. The Morgan fingerprint density at radius 2 is 1.84 bits per heavy atom. The monoisotopic (exact) mass is 268 g/mol. The van der Waals surface area contributed by atoms with Crippen LogP contribution in [0, 0.1) is 5.92 Å². The summed E-state index contributed by atoms with van der Waals surface area (Å²) in [4.78, 5) is 27.0. The number of likely N-dealkylation sites (tertiary alicyclic amines) is 2. The molecule has 0 bridgehead atoms. The van der Waals surface area contributed by atoms with Crippen LogP contribution < -0.4 is 0 Å². The van der Waals surface area contributed by atoms with Gasteiger partial charge in [-0.05, 0) is 45.4 Å². The van der Waals surface area contributed by atoms with E-state index in [1.54, 1.807) is 0 Å². The lowest BCUT2D eigenvalue weighted by Crippen LogP contribution is -2.51. The molecule has 0 radical (unpaired) electrons. The summed E-state index contributed by atoms with van der Waals surface area (Å²) in [6, 6.07) is 0.135. The van der Waals surface area contributed by atoms with Gasteiger partial charge >= 0.3 is 12.0 Å². The fraction of sp³-hybridized carbons (Fsp3) is 0.857. The Balaban J connectivity index is 1.87. The molecule has 2 aliphatic heterocycles. The van der Waals surface area contributed by atoms with Gasteiger partial charge in [-0.15, -0.1) is 0 Å². The number of hydrogen-bond acceptors (Lipinski definition) is 2. The lowest BCUT2D eigenvalue weighted by Gasteiger charge is -2.39. The van der Waals surface area contributed by atoms with Crippen LogP contribution in [0.3, 0.4) is 0 Å². The number of piperidine rings is 1. The average molecular weight is 268 g/mol. The standard InChI is InChI=1S/C14H24N2O3/c1-14(2)6-3-7-16(14)13(19)15-8-4-11(5-9-15)10-12(17)18/h11H,3-10H2,1-2H3,(H,17,18). The molecule has 2 fully saturated rings. The van der Waals surface area contributed by atoms with Crippen molar-refractivity contribution >= 4 is 12.0 Å². The predicted molar refractivity (Wildman–Crippen MR) is 72.0 cm³/mol. The van der Waals surface area contributed by atoms with E-state index in [1.807, 2.05) is 9.80 Å². The van der Waals surface area contributed by atoms with Crippen molar-refractivity contribution in [2.75, 3.05) is 19.6 Å². The van der Waals surface area contributed by atoms with E-state index >= 15 is 0 Å². The molecule has 19 heavy (non-hydrogen) atoms.